The Morgan fingerprint density at radius 1 is 1.47 bits per heavy atom. The third-order valence-electron chi connectivity index (χ3n) is 2.73. The first-order chi connectivity index (χ1) is 9.10. The van der Waals surface area contributed by atoms with Crippen molar-refractivity contribution in [1.82, 2.24) is 10.3 Å². The fraction of sp³-hybridized carbons (Fsp3) is 0.214. The lowest BCUT2D eigenvalue weighted by Gasteiger charge is -2.02. The van der Waals surface area contributed by atoms with Gasteiger partial charge in [0, 0.05) is 5.56 Å². The van der Waals surface area contributed by atoms with Crippen LogP contribution in [0.3, 0.4) is 0 Å². The lowest BCUT2D eigenvalue weighted by molar-refractivity contribution is 0.0947. The minimum Gasteiger partial charge on any atom is -0.444 e. The van der Waals surface area contributed by atoms with Crippen LogP contribution in [0.5, 0.6) is 0 Å². The molecular formula is C14H13N3O2. The number of oxazole rings is 1. The van der Waals surface area contributed by atoms with Crippen LogP contribution in [0.2, 0.25) is 0 Å². The molecule has 0 aliphatic heterocycles. The SMILES string of the molecule is Cc1nc(CNC(=O)c2cccc(C#N)c2)oc1C. The molecule has 0 radical (unpaired) electrons. The smallest absolute Gasteiger partial charge is 0.251 e. The van der Waals surface area contributed by atoms with Gasteiger partial charge < -0.3 is 9.73 Å². The Labute approximate surface area is 110 Å². The highest BCUT2D eigenvalue weighted by molar-refractivity contribution is 5.94. The van der Waals surface area contributed by atoms with E-state index in [1.54, 1.807) is 24.3 Å². The van der Waals surface area contributed by atoms with Gasteiger partial charge >= 0.3 is 0 Å². The highest BCUT2D eigenvalue weighted by Gasteiger charge is 2.09. The largest absolute Gasteiger partial charge is 0.444 e. The summed E-state index contributed by atoms with van der Waals surface area (Å²) < 4.78 is 5.37. The maximum absolute atomic E-state index is 11.9. The zero-order valence-corrected chi connectivity index (χ0v) is 10.7. The van der Waals surface area contributed by atoms with Crippen LogP contribution in [0, 0.1) is 25.2 Å². The van der Waals surface area contributed by atoms with Crippen molar-refractivity contribution in [3.63, 3.8) is 0 Å². The van der Waals surface area contributed by atoms with E-state index in [-0.39, 0.29) is 12.5 Å². The first kappa shape index (κ1) is 12.8. The Kier molecular flexibility index (Phi) is 3.62. The van der Waals surface area contributed by atoms with Crippen LogP contribution in [0.4, 0.5) is 0 Å². The minimum absolute atomic E-state index is 0.226. The normalized spacial score (nSPS) is 9.95. The van der Waals surface area contributed by atoms with Crippen molar-refractivity contribution >= 4 is 5.91 Å². The molecule has 0 atom stereocenters. The number of amides is 1. The summed E-state index contributed by atoms with van der Waals surface area (Å²) in [6.45, 7) is 3.90. The van der Waals surface area contributed by atoms with Crippen molar-refractivity contribution in [2.24, 2.45) is 0 Å². The van der Waals surface area contributed by atoms with Gasteiger partial charge in [0.25, 0.3) is 5.91 Å². The summed E-state index contributed by atoms with van der Waals surface area (Å²) in [6.07, 6.45) is 0. The zero-order valence-electron chi connectivity index (χ0n) is 10.7. The van der Waals surface area contributed by atoms with E-state index < -0.39 is 0 Å². The fourth-order valence-electron chi connectivity index (χ4n) is 1.60. The quantitative estimate of drug-likeness (QED) is 0.910. The summed E-state index contributed by atoms with van der Waals surface area (Å²) in [4.78, 5) is 16.1. The Morgan fingerprint density at radius 3 is 2.89 bits per heavy atom. The van der Waals surface area contributed by atoms with Crippen LogP contribution in [-0.2, 0) is 6.54 Å². The van der Waals surface area contributed by atoms with Crippen LogP contribution in [0.25, 0.3) is 0 Å². The van der Waals surface area contributed by atoms with Gasteiger partial charge in [-0.3, -0.25) is 4.79 Å². The third kappa shape index (κ3) is 2.99. The second-order valence-corrected chi connectivity index (χ2v) is 4.12. The molecular weight excluding hydrogens is 242 g/mol. The zero-order chi connectivity index (χ0) is 13.8. The molecule has 5 nitrogen and oxygen atoms in total. The van der Waals surface area contributed by atoms with E-state index >= 15 is 0 Å². The molecule has 1 aromatic heterocycles. The molecule has 0 saturated carbocycles. The maximum atomic E-state index is 11.9. The molecule has 0 bridgehead atoms. The summed E-state index contributed by atoms with van der Waals surface area (Å²) in [5, 5.41) is 11.5. The molecule has 1 amide bonds. The molecule has 5 heteroatoms. The molecule has 2 rings (SSSR count). The van der Waals surface area contributed by atoms with E-state index in [9.17, 15) is 4.79 Å². The molecule has 1 heterocycles. The number of aryl methyl sites for hydroxylation is 2. The lowest BCUT2D eigenvalue weighted by Crippen LogP contribution is -2.23. The Balaban J connectivity index is 2.03. The van der Waals surface area contributed by atoms with E-state index in [4.69, 9.17) is 9.68 Å². The summed E-state index contributed by atoms with van der Waals surface area (Å²) >= 11 is 0. The van der Waals surface area contributed by atoms with Crippen molar-refractivity contribution in [2.75, 3.05) is 0 Å². The first-order valence-electron chi connectivity index (χ1n) is 5.81. The summed E-state index contributed by atoms with van der Waals surface area (Å²) in [5.74, 6) is 0.959. The third-order valence-corrected chi connectivity index (χ3v) is 2.73. The van der Waals surface area contributed by atoms with Crippen LogP contribution < -0.4 is 5.32 Å². The standard InChI is InChI=1S/C14H13N3O2/c1-9-10(2)19-13(17-9)8-16-14(18)12-5-3-4-11(6-12)7-15/h3-6H,8H2,1-2H3,(H,16,18). The highest BCUT2D eigenvalue weighted by atomic mass is 16.4. The molecule has 0 aliphatic rings. The minimum atomic E-state index is -0.259. The molecule has 0 unspecified atom stereocenters. The number of nitrogens with zero attached hydrogens (tertiary/aromatic N) is 2. The van der Waals surface area contributed by atoms with Gasteiger partial charge in [-0.2, -0.15) is 5.26 Å². The Morgan fingerprint density at radius 2 is 2.26 bits per heavy atom. The second-order valence-electron chi connectivity index (χ2n) is 4.12. The Hall–Kier alpha value is -2.61. The van der Waals surface area contributed by atoms with Gasteiger partial charge in [-0.05, 0) is 32.0 Å². The molecule has 1 N–H and O–H groups in total. The topological polar surface area (TPSA) is 78.9 Å². The molecule has 0 aliphatic carbocycles. The van der Waals surface area contributed by atoms with Crippen molar-refractivity contribution in [3.05, 3.63) is 52.7 Å². The number of nitriles is 1. The van der Waals surface area contributed by atoms with E-state index in [2.05, 4.69) is 10.3 Å². The van der Waals surface area contributed by atoms with E-state index in [0.29, 0.717) is 17.0 Å². The van der Waals surface area contributed by atoms with Crippen molar-refractivity contribution in [3.8, 4) is 6.07 Å². The molecule has 1 aromatic carbocycles. The monoisotopic (exact) mass is 255 g/mol. The molecule has 0 saturated heterocycles. The van der Waals surface area contributed by atoms with Gasteiger partial charge in [-0.25, -0.2) is 4.98 Å². The number of hydrogen-bond acceptors (Lipinski definition) is 4. The average molecular weight is 255 g/mol. The molecule has 0 spiro atoms. The maximum Gasteiger partial charge on any atom is 0.251 e. The molecule has 2 aromatic rings. The van der Waals surface area contributed by atoms with Gasteiger partial charge in [0.05, 0.1) is 23.9 Å². The van der Waals surface area contributed by atoms with E-state index in [0.717, 1.165) is 11.5 Å². The number of rotatable bonds is 3. The van der Waals surface area contributed by atoms with Gasteiger partial charge in [-0.1, -0.05) is 6.07 Å². The number of aromatic nitrogens is 1. The number of nitrogens with one attached hydrogen (secondary N) is 1. The van der Waals surface area contributed by atoms with Gasteiger partial charge in [-0.15, -0.1) is 0 Å². The average Bonchev–Trinajstić information content (AvgIpc) is 2.75. The van der Waals surface area contributed by atoms with Gasteiger partial charge in [0.2, 0.25) is 5.89 Å². The van der Waals surface area contributed by atoms with E-state index in [1.807, 2.05) is 19.9 Å². The predicted molar refractivity (Wildman–Crippen MR) is 68.3 cm³/mol. The number of carbonyl (C=O) groups is 1. The number of hydrogen-bond donors (Lipinski definition) is 1. The summed E-state index contributed by atoms with van der Waals surface area (Å²) in [6, 6.07) is 8.52. The highest BCUT2D eigenvalue weighted by Crippen LogP contribution is 2.08. The van der Waals surface area contributed by atoms with Crippen LogP contribution in [0.15, 0.2) is 28.7 Å². The number of benzene rings is 1. The van der Waals surface area contributed by atoms with Crippen LogP contribution >= 0.6 is 0 Å². The van der Waals surface area contributed by atoms with Crippen LogP contribution in [-0.4, -0.2) is 10.9 Å². The first-order valence-corrected chi connectivity index (χ1v) is 5.81. The Bertz CT molecular complexity index is 633. The van der Waals surface area contributed by atoms with Crippen molar-refractivity contribution < 1.29 is 9.21 Å². The summed E-state index contributed by atoms with van der Waals surface area (Å²) in [7, 11) is 0. The summed E-state index contributed by atoms with van der Waals surface area (Å²) in [5.41, 5.74) is 1.71. The molecule has 96 valence electrons. The molecule has 0 fully saturated rings. The predicted octanol–water partition coefficient (Wildman–Crippen LogP) is 2.09. The van der Waals surface area contributed by atoms with Gasteiger partial charge in [0.1, 0.15) is 5.76 Å². The van der Waals surface area contributed by atoms with E-state index in [1.165, 1.54) is 0 Å². The van der Waals surface area contributed by atoms with Crippen molar-refractivity contribution in [1.29, 1.82) is 5.26 Å². The lowest BCUT2D eigenvalue weighted by atomic mass is 10.1. The van der Waals surface area contributed by atoms with Gasteiger partial charge in [0.15, 0.2) is 0 Å². The molecule has 19 heavy (non-hydrogen) atoms. The fourth-order valence-corrected chi connectivity index (χ4v) is 1.60. The number of carbonyl (C=O) groups excluding carboxylic acids is 1. The second kappa shape index (κ2) is 5.36. The van der Waals surface area contributed by atoms with Crippen LogP contribution in [0.1, 0.15) is 33.3 Å². The van der Waals surface area contributed by atoms with Crippen molar-refractivity contribution in [2.45, 2.75) is 20.4 Å².